The molecule has 1 saturated carbocycles. The minimum Gasteiger partial charge on any atom is -0.383 e. The van der Waals surface area contributed by atoms with Gasteiger partial charge in [0.15, 0.2) is 0 Å². The molecule has 2 atom stereocenters. The zero-order valence-corrected chi connectivity index (χ0v) is 11.9. The fourth-order valence-corrected chi connectivity index (χ4v) is 2.87. The van der Waals surface area contributed by atoms with Crippen LogP contribution in [0.3, 0.4) is 0 Å². The number of nitrogens with one attached hydrogen (secondary N) is 1. The number of hydrogen-bond acceptors (Lipinski definition) is 3. The predicted molar refractivity (Wildman–Crippen MR) is 73.4 cm³/mol. The highest BCUT2D eigenvalue weighted by Gasteiger charge is 2.24. The molecular formula is C14H30N2O. The molecule has 0 aromatic heterocycles. The highest BCUT2D eigenvalue weighted by atomic mass is 16.5. The average molecular weight is 242 g/mol. The fourth-order valence-electron chi connectivity index (χ4n) is 2.87. The Balaban J connectivity index is 2.05. The first-order chi connectivity index (χ1) is 8.25. The van der Waals surface area contributed by atoms with Gasteiger partial charge in [0.05, 0.1) is 6.61 Å². The van der Waals surface area contributed by atoms with Crippen LogP contribution in [0.4, 0.5) is 0 Å². The molecule has 1 fully saturated rings. The molecule has 102 valence electrons. The van der Waals surface area contributed by atoms with Crippen molar-refractivity contribution < 1.29 is 4.74 Å². The molecule has 0 bridgehead atoms. The van der Waals surface area contributed by atoms with Gasteiger partial charge in [-0.05, 0) is 45.3 Å². The van der Waals surface area contributed by atoms with Crippen LogP contribution in [0.5, 0.6) is 0 Å². The average Bonchev–Trinajstić information content (AvgIpc) is 2.34. The van der Waals surface area contributed by atoms with E-state index in [2.05, 4.69) is 24.2 Å². The largest absolute Gasteiger partial charge is 0.383 e. The van der Waals surface area contributed by atoms with Crippen molar-refractivity contribution in [2.75, 3.05) is 40.4 Å². The highest BCUT2D eigenvalue weighted by Crippen LogP contribution is 2.27. The van der Waals surface area contributed by atoms with Gasteiger partial charge in [0.25, 0.3) is 0 Å². The zero-order valence-electron chi connectivity index (χ0n) is 11.9. The number of methoxy groups -OCH3 is 1. The third-order valence-corrected chi connectivity index (χ3v) is 3.98. The molecule has 2 unspecified atom stereocenters. The maximum atomic E-state index is 5.01. The van der Waals surface area contributed by atoms with E-state index >= 15 is 0 Å². The normalized spacial score (nSPS) is 25.4. The number of ether oxygens (including phenoxy) is 1. The fraction of sp³-hybridized carbons (Fsp3) is 1.00. The lowest BCUT2D eigenvalue weighted by Crippen LogP contribution is -2.40. The van der Waals surface area contributed by atoms with Crippen molar-refractivity contribution in [3.05, 3.63) is 0 Å². The van der Waals surface area contributed by atoms with Gasteiger partial charge in [-0.2, -0.15) is 0 Å². The van der Waals surface area contributed by atoms with Crippen LogP contribution in [0.15, 0.2) is 0 Å². The van der Waals surface area contributed by atoms with E-state index in [1.165, 1.54) is 38.6 Å². The molecule has 1 N–H and O–H groups in total. The number of hydrogen-bond donors (Lipinski definition) is 1. The van der Waals surface area contributed by atoms with Crippen LogP contribution in [-0.4, -0.2) is 51.3 Å². The van der Waals surface area contributed by atoms with E-state index in [1.54, 1.807) is 7.11 Å². The molecule has 0 aromatic carbocycles. The van der Waals surface area contributed by atoms with E-state index in [-0.39, 0.29) is 0 Å². The van der Waals surface area contributed by atoms with Crippen molar-refractivity contribution >= 4 is 0 Å². The first-order valence-electron chi connectivity index (χ1n) is 7.15. The minimum atomic E-state index is 0.815. The maximum Gasteiger partial charge on any atom is 0.0587 e. The van der Waals surface area contributed by atoms with Gasteiger partial charge in [-0.1, -0.05) is 19.8 Å². The Kier molecular flexibility index (Phi) is 7.82. The standard InChI is InChI=1S/C14H30N2O/c1-13-7-4-5-8-14(13)16(2)11-6-9-15-10-12-17-3/h13-15H,4-12H2,1-3H3. The first-order valence-corrected chi connectivity index (χ1v) is 7.15. The molecule has 0 aliphatic heterocycles. The highest BCUT2D eigenvalue weighted by molar-refractivity contribution is 4.79. The Labute approximate surface area is 107 Å². The van der Waals surface area contributed by atoms with Crippen molar-refractivity contribution in [3.8, 4) is 0 Å². The second-order valence-electron chi connectivity index (χ2n) is 5.41. The summed E-state index contributed by atoms with van der Waals surface area (Å²) in [5, 5.41) is 3.40. The lowest BCUT2D eigenvalue weighted by molar-refractivity contribution is 0.138. The molecule has 0 amide bonds. The van der Waals surface area contributed by atoms with Gasteiger partial charge in [-0.3, -0.25) is 0 Å². The van der Waals surface area contributed by atoms with Crippen LogP contribution in [-0.2, 0) is 4.74 Å². The van der Waals surface area contributed by atoms with E-state index in [0.29, 0.717) is 0 Å². The van der Waals surface area contributed by atoms with Crippen LogP contribution >= 0.6 is 0 Å². The van der Waals surface area contributed by atoms with Gasteiger partial charge in [-0.15, -0.1) is 0 Å². The smallest absolute Gasteiger partial charge is 0.0587 e. The van der Waals surface area contributed by atoms with E-state index < -0.39 is 0 Å². The number of nitrogens with zero attached hydrogens (tertiary/aromatic N) is 1. The Morgan fingerprint density at radius 1 is 1.24 bits per heavy atom. The molecule has 1 rings (SSSR count). The maximum absolute atomic E-state index is 5.01. The topological polar surface area (TPSA) is 24.5 Å². The summed E-state index contributed by atoms with van der Waals surface area (Å²) in [5.41, 5.74) is 0. The Morgan fingerprint density at radius 2 is 2.00 bits per heavy atom. The summed E-state index contributed by atoms with van der Waals surface area (Å²) >= 11 is 0. The molecule has 0 spiro atoms. The van der Waals surface area contributed by atoms with Gasteiger partial charge in [0, 0.05) is 19.7 Å². The summed E-state index contributed by atoms with van der Waals surface area (Å²) in [6.07, 6.45) is 6.91. The first kappa shape index (κ1) is 14.9. The molecule has 0 saturated heterocycles. The summed E-state index contributed by atoms with van der Waals surface area (Å²) in [4.78, 5) is 2.57. The molecule has 17 heavy (non-hydrogen) atoms. The van der Waals surface area contributed by atoms with Crippen molar-refractivity contribution in [1.82, 2.24) is 10.2 Å². The van der Waals surface area contributed by atoms with Gasteiger partial charge in [-0.25, -0.2) is 0 Å². The summed E-state index contributed by atoms with van der Waals surface area (Å²) in [5.74, 6) is 0.884. The monoisotopic (exact) mass is 242 g/mol. The Hall–Kier alpha value is -0.120. The van der Waals surface area contributed by atoms with Crippen LogP contribution in [0, 0.1) is 5.92 Å². The molecular weight excluding hydrogens is 212 g/mol. The van der Waals surface area contributed by atoms with Crippen molar-refractivity contribution in [3.63, 3.8) is 0 Å². The summed E-state index contributed by atoms with van der Waals surface area (Å²) in [7, 11) is 4.04. The van der Waals surface area contributed by atoms with Crippen LogP contribution in [0.25, 0.3) is 0 Å². The van der Waals surface area contributed by atoms with Gasteiger partial charge >= 0.3 is 0 Å². The summed E-state index contributed by atoms with van der Waals surface area (Å²) < 4.78 is 5.01. The molecule has 1 aliphatic rings. The second kappa shape index (κ2) is 8.90. The van der Waals surface area contributed by atoms with Gasteiger partial charge in [0.2, 0.25) is 0 Å². The number of rotatable bonds is 8. The third-order valence-electron chi connectivity index (χ3n) is 3.98. The quantitative estimate of drug-likeness (QED) is 0.660. The van der Waals surface area contributed by atoms with E-state index in [4.69, 9.17) is 4.74 Å². The molecule has 1 aliphatic carbocycles. The molecule has 0 radical (unpaired) electrons. The molecule has 0 aromatic rings. The lowest BCUT2D eigenvalue weighted by Gasteiger charge is -2.36. The molecule has 3 nitrogen and oxygen atoms in total. The van der Waals surface area contributed by atoms with Crippen LogP contribution in [0.1, 0.15) is 39.0 Å². The minimum absolute atomic E-state index is 0.815. The van der Waals surface area contributed by atoms with Crippen LogP contribution < -0.4 is 5.32 Å². The summed E-state index contributed by atoms with van der Waals surface area (Å²) in [6.45, 7) is 6.52. The van der Waals surface area contributed by atoms with Crippen molar-refractivity contribution in [2.45, 2.75) is 45.1 Å². The van der Waals surface area contributed by atoms with Crippen LogP contribution in [0.2, 0.25) is 0 Å². The SMILES string of the molecule is COCCNCCCN(C)C1CCCCC1C. The second-order valence-corrected chi connectivity index (χ2v) is 5.41. The van der Waals surface area contributed by atoms with Gasteiger partial charge < -0.3 is 15.0 Å². The zero-order chi connectivity index (χ0) is 12.5. The Morgan fingerprint density at radius 3 is 2.71 bits per heavy atom. The van der Waals surface area contributed by atoms with E-state index in [9.17, 15) is 0 Å². The Bertz CT molecular complexity index is 187. The van der Waals surface area contributed by atoms with Crippen molar-refractivity contribution in [2.24, 2.45) is 5.92 Å². The predicted octanol–water partition coefficient (Wildman–Crippen LogP) is 2.12. The lowest BCUT2D eigenvalue weighted by atomic mass is 9.85. The third kappa shape index (κ3) is 5.84. The molecule has 0 heterocycles. The molecule has 3 heteroatoms. The van der Waals surface area contributed by atoms with Gasteiger partial charge in [0.1, 0.15) is 0 Å². The van der Waals surface area contributed by atoms with E-state index in [0.717, 1.165) is 31.7 Å². The summed E-state index contributed by atoms with van der Waals surface area (Å²) in [6, 6.07) is 0.822. The van der Waals surface area contributed by atoms with E-state index in [1.807, 2.05) is 0 Å². The van der Waals surface area contributed by atoms with Crippen molar-refractivity contribution in [1.29, 1.82) is 0 Å².